The van der Waals surface area contributed by atoms with Gasteiger partial charge in [-0.15, -0.1) is 0 Å². The smallest absolute Gasteiger partial charge is 0.232 e. The maximum Gasteiger partial charge on any atom is 0.232 e. The molecule has 3 aromatic rings. The van der Waals surface area contributed by atoms with Crippen LogP contribution < -0.4 is 9.64 Å². The predicted octanol–water partition coefficient (Wildman–Crippen LogP) is 6.24. The van der Waals surface area contributed by atoms with Gasteiger partial charge in [-0.3, -0.25) is 14.5 Å². The number of amides is 1. The first kappa shape index (κ1) is 22.1. The first-order chi connectivity index (χ1) is 16.5. The molecule has 2 aliphatic rings. The first-order valence-corrected chi connectivity index (χ1v) is 11.6. The number of para-hydroxylation sites is 1. The Labute approximate surface area is 198 Å². The quantitative estimate of drug-likeness (QED) is 0.457. The van der Waals surface area contributed by atoms with Crippen molar-refractivity contribution in [3.63, 3.8) is 0 Å². The second-order valence-electron chi connectivity index (χ2n) is 8.92. The summed E-state index contributed by atoms with van der Waals surface area (Å²) in [5.41, 5.74) is 4.68. The van der Waals surface area contributed by atoms with Crippen molar-refractivity contribution in [3.8, 4) is 5.75 Å². The van der Waals surface area contributed by atoms with Gasteiger partial charge < -0.3 is 4.74 Å². The molecule has 3 aromatic carbocycles. The Hall–Kier alpha value is -3.73. The van der Waals surface area contributed by atoms with E-state index >= 15 is 0 Å². The Kier molecular flexibility index (Phi) is 6.01. The number of anilines is 1. The summed E-state index contributed by atoms with van der Waals surface area (Å²) >= 11 is 0. The second kappa shape index (κ2) is 9.26. The van der Waals surface area contributed by atoms with Gasteiger partial charge in [-0.05, 0) is 55.2 Å². The van der Waals surface area contributed by atoms with E-state index in [-0.39, 0.29) is 29.7 Å². The molecule has 1 heterocycles. The van der Waals surface area contributed by atoms with E-state index in [4.69, 9.17) is 4.74 Å². The number of ketones is 1. The number of ether oxygens (including phenoxy) is 1. The molecule has 0 fully saturated rings. The fourth-order valence-electron chi connectivity index (χ4n) is 4.84. The molecular formula is C29H26FNO3. The molecule has 5 heteroatoms. The van der Waals surface area contributed by atoms with Crippen LogP contribution in [0.15, 0.2) is 84.1 Å². The summed E-state index contributed by atoms with van der Waals surface area (Å²) < 4.78 is 20.5. The molecule has 1 atom stereocenters. The fourth-order valence-corrected chi connectivity index (χ4v) is 4.84. The van der Waals surface area contributed by atoms with Crippen LogP contribution in [0.3, 0.4) is 0 Å². The largest absolute Gasteiger partial charge is 0.489 e. The topological polar surface area (TPSA) is 46.6 Å². The number of allylic oxidation sites excluding steroid dienone is 2. The second-order valence-corrected chi connectivity index (χ2v) is 8.92. The maximum atomic E-state index is 14.6. The van der Waals surface area contributed by atoms with E-state index in [1.165, 1.54) is 16.5 Å². The van der Waals surface area contributed by atoms with Crippen LogP contribution in [0, 0.1) is 12.7 Å². The predicted molar refractivity (Wildman–Crippen MR) is 129 cm³/mol. The molecule has 0 saturated heterocycles. The molecule has 0 bridgehead atoms. The summed E-state index contributed by atoms with van der Waals surface area (Å²) in [5.74, 6) is -0.217. The Bertz CT molecular complexity index is 1260. The zero-order chi connectivity index (χ0) is 23.7. The van der Waals surface area contributed by atoms with Gasteiger partial charge in [-0.25, -0.2) is 4.39 Å². The Morgan fingerprint density at radius 3 is 2.41 bits per heavy atom. The number of Topliss-reactive ketones (excluding diaryl/α,β-unsaturated/α-hetero) is 1. The molecule has 34 heavy (non-hydrogen) atoms. The highest BCUT2D eigenvalue weighted by Gasteiger charge is 2.40. The van der Waals surface area contributed by atoms with E-state index in [9.17, 15) is 14.0 Å². The summed E-state index contributed by atoms with van der Waals surface area (Å²) in [6.07, 6.45) is 1.82. The van der Waals surface area contributed by atoms with Crippen molar-refractivity contribution in [2.45, 2.75) is 45.1 Å². The van der Waals surface area contributed by atoms with Crippen LogP contribution in [0.4, 0.5) is 10.1 Å². The number of hydrogen-bond donors (Lipinski definition) is 0. The van der Waals surface area contributed by atoms with Crippen molar-refractivity contribution >= 4 is 17.4 Å². The minimum absolute atomic E-state index is 0.0415. The number of carbonyl (C=O) groups excluding carboxylic acids is 2. The number of nitrogens with zero attached hydrogens (tertiary/aromatic N) is 1. The molecular weight excluding hydrogens is 429 g/mol. The molecule has 0 N–H and O–H groups in total. The van der Waals surface area contributed by atoms with Gasteiger partial charge in [0.15, 0.2) is 5.78 Å². The highest BCUT2D eigenvalue weighted by atomic mass is 19.1. The number of hydrogen-bond acceptors (Lipinski definition) is 3. The zero-order valence-electron chi connectivity index (χ0n) is 19.1. The lowest BCUT2D eigenvalue weighted by Gasteiger charge is -2.38. The number of carbonyl (C=O) groups is 2. The summed E-state index contributed by atoms with van der Waals surface area (Å²) in [5, 5.41) is 0. The standard InChI is InChI=1S/C29H26FNO3/c1-19-9-11-20(12-10-19)18-34-22-15-13-21(14-16-22)23-17-28(33)31(25-6-3-2-5-24(25)30)26-7-4-8-27(32)29(23)26/h2-3,5-6,9-16,23H,4,7-8,17-18H2,1H3. The third-order valence-corrected chi connectivity index (χ3v) is 6.58. The Balaban J connectivity index is 1.42. The van der Waals surface area contributed by atoms with Crippen LogP contribution in [0.1, 0.15) is 48.3 Å². The average Bonchev–Trinajstić information content (AvgIpc) is 2.84. The van der Waals surface area contributed by atoms with Crippen LogP contribution in [0.2, 0.25) is 0 Å². The van der Waals surface area contributed by atoms with E-state index < -0.39 is 5.82 Å². The lowest BCUT2D eigenvalue weighted by molar-refractivity contribution is -0.120. The van der Waals surface area contributed by atoms with Crippen LogP contribution in [0.25, 0.3) is 0 Å². The number of halogens is 1. The molecule has 4 nitrogen and oxygen atoms in total. The van der Waals surface area contributed by atoms with E-state index in [1.807, 2.05) is 43.3 Å². The number of aryl methyl sites for hydroxylation is 1. The van der Waals surface area contributed by atoms with Crippen LogP contribution in [-0.4, -0.2) is 11.7 Å². The molecule has 1 aliphatic heterocycles. The average molecular weight is 456 g/mol. The number of rotatable bonds is 5. The van der Waals surface area contributed by atoms with E-state index in [2.05, 4.69) is 12.1 Å². The summed E-state index contributed by atoms with van der Waals surface area (Å²) in [4.78, 5) is 27.7. The van der Waals surface area contributed by atoms with Gasteiger partial charge in [0.05, 0.1) is 5.69 Å². The highest BCUT2D eigenvalue weighted by Crippen LogP contribution is 2.44. The lowest BCUT2D eigenvalue weighted by Crippen LogP contribution is -2.41. The molecule has 0 aromatic heterocycles. The summed E-state index contributed by atoms with van der Waals surface area (Å²) in [7, 11) is 0. The summed E-state index contributed by atoms with van der Waals surface area (Å²) in [6.45, 7) is 2.51. The van der Waals surface area contributed by atoms with Crippen molar-refractivity contribution in [2.24, 2.45) is 0 Å². The molecule has 0 saturated carbocycles. The maximum absolute atomic E-state index is 14.6. The molecule has 5 rings (SSSR count). The minimum atomic E-state index is -0.464. The third kappa shape index (κ3) is 4.26. The van der Waals surface area contributed by atoms with Crippen molar-refractivity contribution in [3.05, 3.63) is 107 Å². The van der Waals surface area contributed by atoms with E-state index in [0.29, 0.717) is 37.1 Å². The van der Waals surface area contributed by atoms with Crippen molar-refractivity contribution < 1.29 is 18.7 Å². The first-order valence-electron chi connectivity index (χ1n) is 11.6. The van der Waals surface area contributed by atoms with Crippen molar-refractivity contribution in [1.82, 2.24) is 0 Å². The Morgan fingerprint density at radius 2 is 1.68 bits per heavy atom. The van der Waals surface area contributed by atoms with Gasteiger partial charge in [0, 0.05) is 30.0 Å². The third-order valence-electron chi connectivity index (χ3n) is 6.58. The van der Waals surface area contributed by atoms with Crippen molar-refractivity contribution in [1.29, 1.82) is 0 Å². The van der Waals surface area contributed by atoms with Gasteiger partial charge in [0.1, 0.15) is 18.2 Å². The lowest BCUT2D eigenvalue weighted by atomic mass is 9.77. The Morgan fingerprint density at radius 1 is 0.941 bits per heavy atom. The van der Waals surface area contributed by atoms with Gasteiger partial charge in [-0.2, -0.15) is 0 Å². The SMILES string of the molecule is Cc1ccc(COc2ccc(C3CC(=O)N(c4ccccc4F)C4=C3C(=O)CCC4)cc2)cc1. The highest BCUT2D eigenvalue weighted by molar-refractivity contribution is 6.07. The molecule has 0 spiro atoms. The van der Waals surface area contributed by atoms with Gasteiger partial charge in [0.25, 0.3) is 0 Å². The minimum Gasteiger partial charge on any atom is -0.489 e. The normalized spacial score (nSPS) is 18.2. The van der Waals surface area contributed by atoms with E-state index in [0.717, 1.165) is 16.9 Å². The summed E-state index contributed by atoms with van der Waals surface area (Å²) in [6, 6.07) is 22.0. The van der Waals surface area contributed by atoms with Crippen LogP contribution in [-0.2, 0) is 16.2 Å². The molecule has 172 valence electrons. The fraction of sp³-hybridized carbons (Fsp3) is 0.241. The van der Waals surface area contributed by atoms with Crippen LogP contribution in [0.5, 0.6) is 5.75 Å². The van der Waals surface area contributed by atoms with Crippen LogP contribution >= 0.6 is 0 Å². The van der Waals surface area contributed by atoms with Gasteiger partial charge in [0.2, 0.25) is 5.91 Å². The zero-order valence-corrected chi connectivity index (χ0v) is 19.1. The molecule has 0 radical (unpaired) electrons. The molecule has 1 unspecified atom stereocenters. The molecule has 1 aliphatic carbocycles. The number of benzene rings is 3. The molecule has 1 amide bonds. The van der Waals surface area contributed by atoms with Gasteiger partial charge >= 0.3 is 0 Å². The van der Waals surface area contributed by atoms with Gasteiger partial charge in [-0.1, -0.05) is 54.1 Å². The monoisotopic (exact) mass is 455 g/mol. The van der Waals surface area contributed by atoms with Crippen molar-refractivity contribution in [2.75, 3.05) is 4.90 Å². The van der Waals surface area contributed by atoms with E-state index in [1.54, 1.807) is 18.2 Å².